The van der Waals surface area contributed by atoms with Gasteiger partial charge in [0.2, 0.25) is 0 Å². The molecule has 0 spiro atoms. The molecule has 0 fully saturated rings. The van der Waals surface area contributed by atoms with E-state index in [1.165, 1.54) is 22.7 Å². The minimum absolute atomic E-state index is 0.0891. The molecule has 9 heteroatoms. The molecule has 2 aromatic heterocycles. The predicted molar refractivity (Wildman–Crippen MR) is 133 cm³/mol. The van der Waals surface area contributed by atoms with Crippen molar-refractivity contribution in [1.82, 2.24) is 9.97 Å². The molecule has 0 aliphatic heterocycles. The largest absolute Gasteiger partial charge is 0.493 e. The van der Waals surface area contributed by atoms with Gasteiger partial charge in [-0.05, 0) is 31.2 Å². The summed E-state index contributed by atoms with van der Waals surface area (Å²) in [4.78, 5) is 21.6. The maximum atomic E-state index is 12.4. The van der Waals surface area contributed by atoms with Gasteiger partial charge < -0.3 is 18.9 Å². The van der Waals surface area contributed by atoms with Crippen molar-refractivity contribution in [3.8, 4) is 38.4 Å². The second-order valence-electron chi connectivity index (χ2n) is 7.10. The smallest absolute Gasteiger partial charge is 0.312 e. The second kappa shape index (κ2) is 11.1. The Balaban J connectivity index is 1.38. The number of esters is 1. The van der Waals surface area contributed by atoms with Gasteiger partial charge in [0.15, 0.2) is 11.5 Å². The normalized spacial score (nSPS) is 10.7. The molecule has 176 valence electrons. The lowest BCUT2D eigenvalue weighted by atomic mass is 10.2. The molecule has 4 aromatic rings. The molecule has 0 aliphatic rings. The van der Waals surface area contributed by atoms with Gasteiger partial charge in [-0.1, -0.05) is 18.2 Å². The number of para-hydroxylation sites is 2. The number of benzene rings is 2. The number of hydrogen-bond donors (Lipinski definition) is 0. The number of thiazole rings is 2. The van der Waals surface area contributed by atoms with Gasteiger partial charge in [-0.2, -0.15) is 0 Å². The topological polar surface area (TPSA) is 79.8 Å². The van der Waals surface area contributed by atoms with Gasteiger partial charge in [0, 0.05) is 10.8 Å². The summed E-state index contributed by atoms with van der Waals surface area (Å²) < 4.78 is 22.0. The van der Waals surface area contributed by atoms with Crippen molar-refractivity contribution >= 4 is 28.6 Å². The van der Waals surface area contributed by atoms with Gasteiger partial charge in [-0.15, -0.1) is 22.7 Å². The van der Waals surface area contributed by atoms with E-state index in [9.17, 15) is 4.79 Å². The Kier molecular flexibility index (Phi) is 7.76. The summed E-state index contributed by atoms with van der Waals surface area (Å²) in [7, 11) is 3.19. The first kappa shape index (κ1) is 23.7. The molecule has 4 rings (SSSR count). The third kappa shape index (κ3) is 5.37. The van der Waals surface area contributed by atoms with Crippen molar-refractivity contribution in [2.45, 2.75) is 20.0 Å². The number of carbonyl (C=O) groups is 1. The summed E-state index contributed by atoms with van der Waals surface area (Å²) in [6.45, 7) is 2.61. The highest BCUT2D eigenvalue weighted by atomic mass is 32.1. The van der Waals surface area contributed by atoms with Gasteiger partial charge >= 0.3 is 5.97 Å². The summed E-state index contributed by atoms with van der Waals surface area (Å²) in [6.07, 6.45) is 0.0913. The Labute approximate surface area is 205 Å². The average Bonchev–Trinajstić information content (AvgIpc) is 3.52. The van der Waals surface area contributed by atoms with Gasteiger partial charge in [0.25, 0.3) is 0 Å². The Bertz CT molecular complexity index is 1270. The van der Waals surface area contributed by atoms with Crippen molar-refractivity contribution in [3.63, 3.8) is 0 Å². The minimum Gasteiger partial charge on any atom is -0.493 e. The van der Waals surface area contributed by atoms with Crippen LogP contribution in [0.3, 0.4) is 0 Å². The van der Waals surface area contributed by atoms with E-state index in [-0.39, 0.29) is 19.0 Å². The quantitative estimate of drug-likeness (QED) is 0.263. The van der Waals surface area contributed by atoms with E-state index >= 15 is 0 Å². The van der Waals surface area contributed by atoms with Crippen LogP contribution < -0.4 is 14.2 Å². The van der Waals surface area contributed by atoms with Crippen molar-refractivity contribution in [1.29, 1.82) is 0 Å². The highest BCUT2D eigenvalue weighted by Crippen LogP contribution is 2.39. The number of rotatable bonds is 10. The molecule has 7 nitrogen and oxygen atoms in total. The third-order valence-electron chi connectivity index (χ3n) is 4.86. The fourth-order valence-electron chi connectivity index (χ4n) is 3.34. The molecule has 2 heterocycles. The zero-order valence-corrected chi connectivity index (χ0v) is 20.7. The summed E-state index contributed by atoms with van der Waals surface area (Å²) in [5.74, 6) is 1.67. The molecule has 0 N–H and O–H groups in total. The van der Waals surface area contributed by atoms with Crippen molar-refractivity contribution in [3.05, 3.63) is 64.6 Å². The Morgan fingerprint density at radius 3 is 2.29 bits per heavy atom. The van der Waals surface area contributed by atoms with Crippen LogP contribution in [0.1, 0.15) is 18.3 Å². The van der Waals surface area contributed by atoms with Gasteiger partial charge in [0.05, 0.1) is 49.8 Å². The second-order valence-corrected chi connectivity index (χ2v) is 8.81. The van der Waals surface area contributed by atoms with E-state index in [1.807, 2.05) is 60.1 Å². The van der Waals surface area contributed by atoms with Crippen LogP contribution in [-0.4, -0.2) is 36.8 Å². The SMILES string of the molecule is CCOc1ccccc1-c1nc(CC(=O)OCc2csc(-c3cccc(OC)c3OC)n2)cs1. The van der Waals surface area contributed by atoms with E-state index < -0.39 is 0 Å². The first-order valence-electron chi connectivity index (χ1n) is 10.6. The zero-order valence-electron chi connectivity index (χ0n) is 19.1. The highest BCUT2D eigenvalue weighted by Gasteiger charge is 2.16. The summed E-state index contributed by atoms with van der Waals surface area (Å²) in [5.41, 5.74) is 3.07. The van der Waals surface area contributed by atoms with Crippen molar-refractivity contribution < 1.29 is 23.7 Å². The van der Waals surface area contributed by atoms with Gasteiger partial charge in [-0.3, -0.25) is 4.79 Å². The monoisotopic (exact) mass is 496 g/mol. The van der Waals surface area contributed by atoms with Crippen LogP contribution in [0.25, 0.3) is 21.1 Å². The van der Waals surface area contributed by atoms with Crippen LogP contribution in [0.2, 0.25) is 0 Å². The van der Waals surface area contributed by atoms with E-state index in [4.69, 9.17) is 18.9 Å². The molecule has 0 aliphatic carbocycles. The number of carbonyl (C=O) groups excluding carboxylic acids is 1. The molecule has 0 amide bonds. The summed E-state index contributed by atoms with van der Waals surface area (Å²) in [5, 5.41) is 5.31. The summed E-state index contributed by atoms with van der Waals surface area (Å²) >= 11 is 2.93. The highest BCUT2D eigenvalue weighted by molar-refractivity contribution is 7.13. The lowest BCUT2D eigenvalue weighted by Crippen LogP contribution is -2.08. The molecule has 0 bridgehead atoms. The fourth-order valence-corrected chi connectivity index (χ4v) is 5.02. The number of hydrogen-bond acceptors (Lipinski definition) is 9. The van der Waals surface area contributed by atoms with Crippen LogP contribution in [0, 0.1) is 0 Å². The van der Waals surface area contributed by atoms with Crippen LogP contribution in [-0.2, 0) is 22.6 Å². The standard InChI is InChI=1S/C25H24N2O5S2/c1-4-31-20-10-6-5-8-18(20)24-26-16(14-33-24)12-22(28)32-13-17-15-34-25(27-17)19-9-7-11-21(29-2)23(19)30-3/h5-11,14-15H,4,12-13H2,1-3H3. The predicted octanol–water partition coefficient (Wildman–Crippen LogP) is 5.64. The molecule has 34 heavy (non-hydrogen) atoms. The number of methoxy groups -OCH3 is 2. The minimum atomic E-state index is -0.358. The molecular formula is C25H24N2O5S2. The summed E-state index contributed by atoms with van der Waals surface area (Å²) in [6, 6.07) is 13.4. The Hall–Kier alpha value is -3.43. The molecule has 0 atom stereocenters. The lowest BCUT2D eigenvalue weighted by Gasteiger charge is -2.10. The van der Waals surface area contributed by atoms with E-state index in [0.717, 1.165) is 26.9 Å². The number of nitrogens with zero attached hydrogens (tertiary/aromatic N) is 2. The number of aromatic nitrogens is 2. The van der Waals surface area contributed by atoms with E-state index in [0.29, 0.717) is 29.5 Å². The molecule has 0 radical (unpaired) electrons. The van der Waals surface area contributed by atoms with Crippen LogP contribution in [0.15, 0.2) is 53.2 Å². The zero-order chi connectivity index (χ0) is 23.9. The Morgan fingerprint density at radius 1 is 0.853 bits per heavy atom. The molecule has 0 unspecified atom stereocenters. The fraction of sp³-hybridized carbons (Fsp3) is 0.240. The maximum Gasteiger partial charge on any atom is 0.312 e. The number of ether oxygens (including phenoxy) is 4. The van der Waals surface area contributed by atoms with Crippen LogP contribution in [0.4, 0.5) is 0 Å². The molecule has 2 aromatic carbocycles. The van der Waals surface area contributed by atoms with E-state index in [2.05, 4.69) is 9.97 Å². The van der Waals surface area contributed by atoms with Gasteiger partial charge in [0.1, 0.15) is 22.4 Å². The molecular weight excluding hydrogens is 472 g/mol. The average molecular weight is 497 g/mol. The van der Waals surface area contributed by atoms with Crippen LogP contribution >= 0.6 is 22.7 Å². The molecule has 0 saturated heterocycles. The van der Waals surface area contributed by atoms with Crippen molar-refractivity contribution in [2.75, 3.05) is 20.8 Å². The van der Waals surface area contributed by atoms with Gasteiger partial charge in [-0.25, -0.2) is 9.97 Å². The van der Waals surface area contributed by atoms with E-state index in [1.54, 1.807) is 14.2 Å². The lowest BCUT2D eigenvalue weighted by molar-refractivity contribution is -0.144. The first-order chi connectivity index (χ1) is 16.6. The first-order valence-corrected chi connectivity index (χ1v) is 12.4. The Morgan fingerprint density at radius 2 is 1.53 bits per heavy atom. The third-order valence-corrected chi connectivity index (χ3v) is 6.71. The molecule has 0 saturated carbocycles. The van der Waals surface area contributed by atoms with Crippen molar-refractivity contribution in [2.24, 2.45) is 0 Å². The maximum absolute atomic E-state index is 12.4. The van der Waals surface area contributed by atoms with Crippen LogP contribution in [0.5, 0.6) is 17.2 Å².